The topological polar surface area (TPSA) is 8.81 Å². The highest BCUT2D eigenvalue weighted by molar-refractivity contribution is 4.84. The first kappa shape index (κ1) is 53.2. The van der Waals surface area contributed by atoms with Gasteiger partial charge < -0.3 is 0 Å². The number of imidazole rings is 1. The van der Waals surface area contributed by atoms with Crippen molar-refractivity contribution in [3.63, 3.8) is 0 Å². The summed E-state index contributed by atoms with van der Waals surface area (Å²) in [5.74, 6) is 1.63. The molecule has 0 saturated carbocycles. The highest BCUT2D eigenvalue weighted by atomic mass is 15.1. The monoisotopic (exact) mass is 784 g/mol. The zero-order valence-electron chi connectivity index (χ0n) is 39.5. The highest BCUT2D eigenvalue weighted by Crippen LogP contribution is 2.17. The van der Waals surface area contributed by atoms with Crippen LogP contribution in [-0.4, -0.2) is 4.57 Å². The quantitative estimate of drug-likeness (QED) is 0.0460. The molecule has 332 valence electrons. The van der Waals surface area contributed by atoms with Crippen LogP contribution < -0.4 is 4.57 Å². The summed E-state index contributed by atoms with van der Waals surface area (Å²) in [6.45, 7) is 9.42. The minimum absolute atomic E-state index is 1.23. The maximum atomic E-state index is 2.66. The summed E-state index contributed by atoms with van der Waals surface area (Å²) in [4.78, 5) is 0. The maximum Gasteiger partial charge on any atom is 0.256 e. The van der Waals surface area contributed by atoms with Crippen molar-refractivity contribution in [3.8, 4) is 0 Å². The van der Waals surface area contributed by atoms with Crippen LogP contribution >= 0.6 is 0 Å². The summed E-state index contributed by atoms with van der Waals surface area (Å²) in [7, 11) is 0. The molecule has 1 heterocycles. The average molecular weight is 784 g/mol. The van der Waals surface area contributed by atoms with Crippen LogP contribution in [0, 0.1) is 0 Å². The van der Waals surface area contributed by atoms with E-state index in [2.05, 4.69) is 42.3 Å². The van der Waals surface area contributed by atoms with Gasteiger partial charge in [0.25, 0.3) is 5.82 Å². The fourth-order valence-corrected chi connectivity index (χ4v) is 9.15. The second-order valence-electron chi connectivity index (χ2n) is 18.7. The van der Waals surface area contributed by atoms with Gasteiger partial charge in [-0.25, -0.2) is 9.13 Å². The van der Waals surface area contributed by atoms with Gasteiger partial charge in [0.2, 0.25) is 0 Å². The van der Waals surface area contributed by atoms with Gasteiger partial charge in [-0.15, -0.1) is 0 Å². The van der Waals surface area contributed by atoms with Gasteiger partial charge in [0.05, 0.1) is 13.1 Å². The molecule has 1 aromatic heterocycles. The molecular formula is C54H107N2+. The second-order valence-corrected chi connectivity index (χ2v) is 18.7. The van der Waals surface area contributed by atoms with Gasteiger partial charge in [0.1, 0.15) is 12.4 Å². The van der Waals surface area contributed by atoms with Crippen molar-refractivity contribution in [1.29, 1.82) is 0 Å². The lowest BCUT2D eigenvalue weighted by Gasteiger charge is -2.07. The van der Waals surface area contributed by atoms with Gasteiger partial charge in [-0.1, -0.05) is 278 Å². The molecule has 0 atom stereocenters. The second kappa shape index (κ2) is 45.3. The lowest BCUT2D eigenvalue weighted by molar-refractivity contribution is -0.704. The fraction of sp³-hybridized carbons (Fsp3) is 0.944. The van der Waals surface area contributed by atoms with Crippen LogP contribution in [0.25, 0.3) is 0 Å². The smallest absolute Gasteiger partial charge is 0.234 e. The van der Waals surface area contributed by atoms with Crippen LogP contribution in [0.15, 0.2) is 12.4 Å². The van der Waals surface area contributed by atoms with E-state index in [1.807, 2.05) is 0 Å². The fourth-order valence-electron chi connectivity index (χ4n) is 9.15. The van der Waals surface area contributed by atoms with E-state index >= 15 is 0 Å². The summed E-state index contributed by atoms with van der Waals surface area (Å²) < 4.78 is 5.32. The Kier molecular flexibility index (Phi) is 43.1. The number of aryl methyl sites for hydroxylation is 2. The van der Waals surface area contributed by atoms with Crippen molar-refractivity contribution in [3.05, 3.63) is 18.2 Å². The number of hydrogen-bond donors (Lipinski definition) is 0. The average Bonchev–Trinajstić information content (AvgIpc) is 3.59. The molecule has 0 aromatic carbocycles. The van der Waals surface area contributed by atoms with Crippen LogP contribution in [0.2, 0.25) is 0 Å². The molecule has 0 N–H and O–H groups in total. The molecule has 0 aliphatic carbocycles. The number of hydrogen-bond acceptors (Lipinski definition) is 0. The van der Waals surface area contributed by atoms with Crippen molar-refractivity contribution in [1.82, 2.24) is 4.57 Å². The van der Waals surface area contributed by atoms with E-state index in [1.165, 1.54) is 308 Å². The first-order valence-electron chi connectivity index (χ1n) is 26.9. The Morgan fingerprint density at radius 2 is 0.554 bits per heavy atom. The van der Waals surface area contributed by atoms with Crippen LogP contribution in [0.5, 0.6) is 0 Å². The molecular weight excluding hydrogens is 677 g/mol. The highest BCUT2D eigenvalue weighted by Gasteiger charge is 2.16. The molecule has 56 heavy (non-hydrogen) atoms. The Morgan fingerprint density at radius 1 is 0.304 bits per heavy atom. The van der Waals surface area contributed by atoms with E-state index in [9.17, 15) is 0 Å². The van der Waals surface area contributed by atoms with E-state index in [0.29, 0.717) is 0 Å². The molecule has 0 spiro atoms. The lowest BCUT2D eigenvalue weighted by atomic mass is 10.0. The van der Waals surface area contributed by atoms with Gasteiger partial charge in [-0.05, 0) is 32.1 Å². The zero-order valence-corrected chi connectivity index (χ0v) is 39.5. The predicted octanol–water partition coefficient (Wildman–Crippen LogP) is 18.9. The van der Waals surface area contributed by atoms with E-state index < -0.39 is 0 Å². The third-order valence-corrected chi connectivity index (χ3v) is 13.1. The van der Waals surface area contributed by atoms with Crippen LogP contribution in [-0.2, 0) is 19.5 Å². The minimum Gasteiger partial charge on any atom is -0.234 e. The normalized spacial score (nSPS) is 11.7. The SMILES string of the molecule is CCCCCCCCCCCCCCCCCCCn1cc[n+](CCCCCCCCCCCCCCCCCCC)c1CCCCCCCCCCCCC. The third kappa shape index (κ3) is 36.3. The van der Waals surface area contributed by atoms with Crippen LogP contribution in [0.3, 0.4) is 0 Å². The number of aromatic nitrogens is 2. The molecule has 2 heteroatoms. The van der Waals surface area contributed by atoms with E-state index in [1.54, 1.807) is 5.82 Å². The number of rotatable bonds is 48. The first-order chi connectivity index (χ1) is 27.8. The van der Waals surface area contributed by atoms with Gasteiger partial charge in [-0.2, -0.15) is 0 Å². The summed E-state index contributed by atoms with van der Waals surface area (Å²) in [6.07, 6.45) is 71.3. The van der Waals surface area contributed by atoms with E-state index in [-0.39, 0.29) is 0 Å². The summed E-state index contributed by atoms with van der Waals surface area (Å²) in [6, 6.07) is 0. The van der Waals surface area contributed by atoms with Gasteiger partial charge in [-0.3, -0.25) is 0 Å². The van der Waals surface area contributed by atoms with Gasteiger partial charge in [0, 0.05) is 6.42 Å². The summed E-state index contributed by atoms with van der Waals surface area (Å²) in [5.41, 5.74) is 0. The lowest BCUT2D eigenvalue weighted by Crippen LogP contribution is -2.37. The van der Waals surface area contributed by atoms with Crippen LogP contribution in [0.4, 0.5) is 0 Å². The Balaban J connectivity index is 2.22. The molecule has 0 amide bonds. The third-order valence-electron chi connectivity index (χ3n) is 13.1. The molecule has 2 nitrogen and oxygen atoms in total. The predicted molar refractivity (Wildman–Crippen MR) is 253 cm³/mol. The minimum atomic E-state index is 1.23. The Bertz CT molecular complexity index is 801. The Hall–Kier alpha value is -0.790. The van der Waals surface area contributed by atoms with Crippen LogP contribution in [0.1, 0.15) is 316 Å². The van der Waals surface area contributed by atoms with Crippen molar-refractivity contribution < 1.29 is 4.57 Å². The molecule has 1 aromatic rings. The molecule has 0 radical (unpaired) electrons. The molecule has 0 bridgehead atoms. The van der Waals surface area contributed by atoms with Gasteiger partial charge >= 0.3 is 0 Å². The van der Waals surface area contributed by atoms with Crippen molar-refractivity contribution in [2.75, 3.05) is 0 Å². The van der Waals surface area contributed by atoms with Crippen molar-refractivity contribution in [2.45, 2.75) is 329 Å². The van der Waals surface area contributed by atoms with E-state index in [4.69, 9.17) is 0 Å². The Morgan fingerprint density at radius 3 is 0.857 bits per heavy atom. The Labute approximate surface area is 355 Å². The van der Waals surface area contributed by atoms with Crippen molar-refractivity contribution >= 4 is 0 Å². The molecule has 1 rings (SSSR count). The molecule has 0 saturated heterocycles. The largest absolute Gasteiger partial charge is 0.256 e. The first-order valence-corrected chi connectivity index (χ1v) is 26.9. The standard InChI is InChI=1S/C54H107N2/c1-4-7-10-13-16-19-22-24-26-28-30-32-35-38-41-44-47-50-55-52-53-56(54(55)49-46-43-40-37-34-21-18-15-12-9-6-3)51-48-45-42-39-36-33-31-29-27-25-23-20-17-14-11-8-5-2/h52-53H,4-51H2,1-3H3/q+1. The molecule has 0 aliphatic rings. The maximum absolute atomic E-state index is 2.66. The van der Waals surface area contributed by atoms with E-state index in [0.717, 1.165) is 0 Å². The van der Waals surface area contributed by atoms with Gasteiger partial charge in [0.15, 0.2) is 0 Å². The number of nitrogens with zero attached hydrogens (tertiary/aromatic N) is 2. The number of unbranched alkanes of at least 4 members (excludes halogenated alkanes) is 42. The molecule has 0 unspecified atom stereocenters. The van der Waals surface area contributed by atoms with Crippen molar-refractivity contribution in [2.24, 2.45) is 0 Å². The zero-order chi connectivity index (χ0) is 40.1. The molecule has 0 aliphatic heterocycles. The summed E-state index contributed by atoms with van der Waals surface area (Å²) >= 11 is 0. The molecule has 0 fully saturated rings. The summed E-state index contributed by atoms with van der Waals surface area (Å²) in [5, 5.41) is 0.